The highest BCUT2D eigenvalue weighted by Crippen LogP contribution is 2.35. The van der Waals surface area contributed by atoms with Crippen LogP contribution in [0.5, 0.6) is 0 Å². The second kappa shape index (κ2) is 6.89. The summed E-state index contributed by atoms with van der Waals surface area (Å²) in [5.74, 6) is 0. The van der Waals surface area contributed by atoms with E-state index in [1.165, 1.54) is 12.4 Å². The number of nitrogens with one attached hydrogen (secondary N) is 1. The maximum Gasteiger partial charge on any atom is 0.416 e. The van der Waals surface area contributed by atoms with Crippen molar-refractivity contribution in [2.75, 3.05) is 0 Å². The molecule has 1 atom stereocenters. The van der Waals surface area contributed by atoms with Crippen LogP contribution in [0.15, 0.2) is 18.5 Å². The van der Waals surface area contributed by atoms with Gasteiger partial charge in [-0.15, -0.1) is 0 Å². The average Bonchev–Trinajstić information content (AvgIpc) is 2.33. The predicted octanol–water partition coefficient (Wildman–Crippen LogP) is 4.33. The van der Waals surface area contributed by atoms with E-state index in [9.17, 15) is 13.2 Å². The standard InChI is InChI=1S/C14H21F3N2/c1-4-5-6-13(19-10(2)3)11-9-18-8-7-12(11)14(15,16)17/h7-10,13,19H,4-6H2,1-3H3. The third-order valence-electron chi connectivity index (χ3n) is 2.91. The minimum atomic E-state index is -4.33. The van der Waals surface area contributed by atoms with Crippen LogP contribution in [0.3, 0.4) is 0 Å². The Kier molecular flexibility index (Phi) is 5.79. The molecule has 2 nitrogen and oxygen atoms in total. The fourth-order valence-corrected chi connectivity index (χ4v) is 2.08. The van der Waals surface area contributed by atoms with Crippen molar-refractivity contribution >= 4 is 0 Å². The second-order valence-corrected chi connectivity index (χ2v) is 4.98. The molecule has 19 heavy (non-hydrogen) atoms. The number of alkyl halides is 3. The van der Waals surface area contributed by atoms with Crippen LogP contribution < -0.4 is 5.32 Å². The van der Waals surface area contributed by atoms with Gasteiger partial charge in [-0.3, -0.25) is 4.98 Å². The van der Waals surface area contributed by atoms with Crippen LogP contribution in [-0.2, 0) is 6.18 Å². The van der Waals surface area contributed by atoms with Crippen LogP contribution in [0, 0.1) is 0 Å². The summed E-state index contributed by atoms with van der Waals surface area (Å²) in [5, 5.41) is 3.20. The van der Waals surface area contributed by atoms with Crippen LogP contribution in [0.25, 0.3) is 0 Å². The fraction of sp³-hybridized carbons (Fsp3) is 0.643. The number of pyridine rings is 1. The molecule has 0 aliphatic carbocycles. The summed E-state index contributed by atoms with van der Waals surface area (Å²) in [7, 11) is 0. The van der Waals surface area contributed by atoms with Crippen molar-refractivity contribution in [2.24, 2.45) is 0 Å². The lowest BCUT2D eigenvalue weighted by Crippen LogP contribution is -2.30. The number of halogens is 3. The zero-order valence-electron chi connectivity index (χ0n) is 11.6. The summed E-state index contributed by atoms with van der Waals surface area (Å²) in [6, 6.07) is 0.879. The summed E-state index contributed by atoms with van der Waals surface area (Å²) < 4.78 is 39.0. The van der Waals surface area contributed by atoms with Crippen molar-refractivity contribution < 1.29 is 13.2 Å². The lowest BCUT2D eigenvalue weighted by atomic mass is 9.97. The molecule has 0 aromatic carbocycles. The summed E-state index contributed by atoms with van der Waals surface area (Å²) in [6.45, 7) is 5.89. The molecule has 1 aromatic heterocycles. The summed E-state index contributed by atoms with van der Waals surface area (Å²) >= 11 is 0. The number of hydrogen-bond acceptors (Lipinski definition) is 2. The molecular formula is C14H21F3N2. The Hall–Kier alpha value is -1.10. The third-order valence-corrected chi connectivity index (χ3v) is 2.91. The van der Waals surface area contributed by atoms with Crippen LogP contribution in [0.4, 0.5) is 13.2 Å². The van der Waals surface area contributed by atoms with Crippen molar-refractivity contribution in [2.45, 2.75) is 58.3 Å². The van der Waals surface area contributed by atoms with Gasteiger partial charge in [-0.05, 0) is 18.1 Å². The van der Waals surface area contributed by atoms with Gasteiger partial charge in [0.25, 0.3) is 0 Å². The van der Waals surface area contributed by atoms with Gasteiger partial charge in [-0.1, -0.05) is 33.6 Å². The zero-order chi connectivity index (χ0) is 14.5. The average molecular weight is 274 g/mol. The molecule has 0 spiro atoms. The van der Waals surface area contributed by atoms with E-state index in [1.54, 1.807) is 0 Å². The Balaban J connectivity index is 3.07. The maximum absolute atomic E-state index is 13.0. The van der Waals surface area contributed by atoms with Gasteiger partial charge in [0.2, 0.25) is 0 Å². The number of rotatable bonds is 6. The molecule has 1 N–H and O–H groups in total. The summed E-state index contributed by atoms with van der Waals surface area (Å²) in [4.78, 5) is 3.86. The third kappa shape index (κ3) is 4.82. The van der Waals surface area contributed by atoms with Gasteiger partial charge in [0.1, 0.15) is 0 Å². The van der Waals surface area contributed by atoms with Gasteiger partial charge in [0.05, 0.1) is 5.56 Å². The molecule has 5 heteroatoms. The minimum Gasteiger partial charge on any atom is -0.308 e. The molecule has 0 amide bonds. The van der Waals surface area contributed by atoms with Crippen LogP contribution in [0.2, 0.25) is 0 Å². The first kappa shape index (κ1) is 16.0. The van der Waals surface area contributed by atoms with Gasteiger partial charge in [0.15, 0.2) is 0 Å². The van der Waals surface area contributed by atoms with Crippen molar-refractivity contribution in [3.8, 4) is 0 Å². The van der Waals surface area contributed by atoms with E-state index < -0.39 is 11.7 Å². The van der Waals surface area contributed by atoms with E-state index in [4.69, 9.17) is 0 Å². The van der Waals surface area contributed by atoms with E-state index in [0.29, 0.717) is 6.42 Å². The zero-order valence-corrected chi connectivity index (χ0v) is 11.6. The molecule has 1 aromatic rings. The molecule has 1 rings (SSSR count). The lowest BCUT2D eigenvalue weighted by molar-refractivity contribution is -0.138. The first-order chi connectivity index (χ1) is 8.86. The molecule has 108 valence electrons. The predicted molar refractivity (Wildman–Crippen MR) is 69.8 cm³/mol. The van der Waals surface area contributed by atoms with Gasteiger partial charge in [-0.25, -0.2) is 0 Å². The molecule has 0 saturated heterocycles. The molecular weight excluding hydrogens is 253 g/mol. The van der Waals surface area contributed by atoms with Crippen LogP contribution in [-0.4, -0.2) is 11.0 Å². The van der Waals surface area contributed by atoms with Gasteiger partial charge < -0.3 is 5.32 Å². The molecule has 0 radical (unpaired) electrons. The largest absolute Gasteiger partial charge is 0.416 e. The lowest BCUT2D eigenvalue weighted by Gasteiger charge is -2.24. The highest BCUT2D eigenvalue weighted by molar-refractivity contribution is 5.29. The van der Waals surface area contributed by atoms with E-state index in [-0.39, 0.29) is 17.6 Å². The van der Waals surface area contributed by atoms with Gasteiger partial charge in [0, 0.05) is 24.5 Å². The Labute approximate surface area is 112 Å². The van der Waals surface area contributed by atoms with Gasteiger partial charge >= 0.3 is 6.18 Å². The number of unbranched alkanes of at least 4 members (excludes halogenated alkanes) is 1. The van der Waals surface area contributed by atoms with Crippen molar-refractivity contribution in [3.63, 3.8) is 0 Å². The molecule has 0 fully saturated rings. The molecule has 0 bridgehead atoms. The molecule has 0 aliphatic rings. The van der Waals surface area contributed by atoms with Crippen molar-refractivity contribution in [1.29, 1.82) is 0 Å². The Bertz CT molecular complexity index is 389. The topological polar surface area (TPSA) is 24.9 Å². The molecule has 0 saturated carbocycles. The van der Waals surface area contributed by atoms with Crippen molar-refractivity contribution in [3.05, 3.63) is 29.6 Å². The maximum atomic E-state index is 13.0. The van der Waals surface area contributed by atoms with Crippen LogP contribution in [0.1, 0.15) is 57.2 Å². The van der Waals surface area contributed by atoms with E-state index in [2.05, 4.69) is 10.3 Å². The fourth-order valence-electron chi connectivity index (χ4n) is 2.08. The van der Waals surface area contributed by atoms with Crippen LogP contribution >= 0.6 is 0 Å². The Morgan fingerprint density at radius 2 is 2.00 bits per heavy atom. The van der Waals surface area contributed by atoms with Crippen molar-refractivity contribution in [1.82, 2.24) is 10.3 Å². The van der Waals surface area contributed by atoms with E-state index >= 15 is 0 Å². The monoisotopic (exact) mass is 274 g/mol. The highest BCUT2D eigenvalue weighted by atomic mass is 19.4. The smallest absolute Gasteiger partial charge is 0.308 e. The quantitative estimate of drug-likeness (QED) is 0.835. The molecule has 1 unspecified atom stereocenters. The summed E-state index contributed by atoms with van der Waals surface area (Å²) in [5.41, 5.74) is -0.339. The van der Waals surface area contributed by atoms with Gasteiger partial charge in [-0.2, -0.15) is 13.2 Å². The first-order valence-electron chi connectivity index (χ1n) is 6.63. The number of hydrogen-bond donors (Lipinski definition) is 1. The highest BCUT2D eigenvalue weighted by Gasteiger charge is 2.35. The minimum absolute atomic E-state index is 0.128. The SMILES string of the molecule is CCCCC(NC(C)C)c1cnccc1C(F)(F)F. The van der Waals surface area contributed by atoms with E-state index in [1.807, 2.05) is 20.8 Å². The summed E-state index contributed by atoms with van der Waals surface area (Å²) in [6.07, 6.45) is 0.719. The number of nitrogens with zero attached hydrogens (tertiary/aromatic N) is 1. The van der Waals surface area contributed by atoms with E-state index in [0.717, 1.165) is 18.9 Å². The first-order valence-corrected chi connectivity index (χ1v) is 6.63. The second-order valence-electron chi connectivity index (χ2n) is 4.98. The Morgan fingerprint density at radius 3 is 2.53 bits per heavy atom. The number of aromatic nitrogens is 1. The normalized spacial score (nSPS) is 13.8. The Morgan fingerprint density at radius 1 is 1.32 bits per heavy atom. The molecule has 1 heterocycles. The molecule has 0 aliphatic heterocycles.